The summed E-state index contributed by atoms with van der Waals surface area (Å²) in [6.07, 6.45) is -3.61. The number of ether oxygens (including phenoxy) is 5. The molecule has 0 amide bonds. The molecule has 0 saturated heterocycles. The van der Waals surface area contributed by atoms with Crippen molar-refractivity contribution in [2.45, 2.75) is 51.0 Å². The minimum Gasteiger partial charge on any atom is -0.481 e. The van der Waals surface area contributed by atoms with E-state index in [0.29, 0.717) is 6.42 Å². The van der Waals surface area contributed by atoms with Crippen molar-refractivity contribution < 1.29 is 53.7 Å². The number of rotatable bonds is 17. The molecule has 27 heavy (non-hydrogen) atoms. The first-order valence-corrected chi connectivity index (χ1v) is 8.55. The third-order valence-electron chi connectivity index (χ3n) is 3.35. The second-order valence-electron chi connectivity index (χ2n) is 5.48. The van der Waals surface area contributed by atoms with Crippen LogP contribution in [0.4, 0.5) is 0 Å². The van der Waals surface area contributed by atoms with Crippen LogP contribution in [0.2, 0.25) is 0 Å². The number of carboxylic acids is 1. The molecule has 0 aromatic carbocycles. The number of carbonyl (C=O) groups excluding carboxylic acids is 1. The van der Waals surface area contributed by atoms with Gasteiger partial charge in [0.25, 0.3) is 0 Å². The van der Waals surface area contributed by atoms with Gasteiger partial charge in [0, 0.05) is 7.11 Å². The highest BCUT2D eigenvalue weighted by atomic mass is 16.7. The molecule has 0 aromatic heterocycles. The number of esters is 1. The van der Waals surface area contributed by atoms with Crippen LogP contribution >= 0.6 is 0 Å². The van der Waals surface area contributed by atoms with E-state index in [2.05, 4.69) is 0 Å². The van der Waals surface area contributed by atoms with Crippen molar-refractivity contribution in [1.29, 1.82) is 0 Å². The molecule has 0 aromatic rings. The van der Waals surface area contributed by atoms with Crippen molar-refractivity contribution in [2.75, 3.05) is 40.1 Å². The lowest BCUT2D eigenvalue weighted by Crippen LogP contribution is -2.37. The predicted molar refractivity (Wildman–Crippen MR) is 89.7 cm³/mol. The average Bonchev–Trinajstić information content (AvgIpc) is 2.67. The van der Waals surface area contributed by atoms with Crippen molar-refractivity contribution >= 4 is 11.9 Å². The number of methoxy groups -OCH3 is 1. The van der Waals surface area contributed by atoms with Gasteiger partial charge in [-0.2, -0.15) is 0 Å². The van der Waals surface area contributed by atoms with E-state index in [1.54, 1.807) is 6.92 Å². The van der Waals surface area contributed by atoms with E-state index < -0.39 is 49.9 Å². The summed E-state index contributed by atoms with van der Waals surface area (Å²) in [5.41, 5.74) is 0. The molecule has 0 aliphatic heterocycles. The van der Waals surface area contributed by atoms with E-state index in [-0.39, 0.29) is 32.7 Å². The fraction of sp³-hybridized carbons (Fsp3) is 0.875. The van der Waals surface area contributed by atoms with E-state index >= 15 is 0 Å². The monoisotopic (exact) mass is 398 g/mol. The fourth-order valence-corrected chi connectivity index (χ4v) is 1.79. The zero-order valence-corrected chi connectivity index (χ0v) is 15.6. The Bertz CT molecular complexity index is 396. The van der Waals surface area contributed by atoms with Crippen LogP contribution in [-0.2, 0) is 33.3 Å². The Kier molecular flexibility index (Phi) is 14.9. The van der Waals surface area contributed by atoms with E-state index in [1.165, 1.54) is 7.11 Å². The van der Waals surface area contributed by atoms with Gasteiger partial charge in [-0.05, 0) is 6.42 Å². The summed E-state index contributed by atoms with van der Waals surface area (Å²) >= 11 is 0. The summed E-state index contributed by atoms with van der Waals surface area (Å²) in [6, 6.07) is 0. The van der Waals surface area contributed by atoms with Crippen LogP contribution < -0.4 is 0 Å². The van der Waals surface area contributed by atoms with Gasteiger partial charge in [0.2, 0.25) is 0 Å². The lowest BCUT2D eigenvalue weighted by atomic mass is 10.3. The number of hydrogen-bond donors (Lipinski definition) is 4. The number of hydrogen-bond acceptors (Lipinski definition) is 10. The Labute approximate surface area is 157 Å². The molecule has 0 aliphatic rings. The minimum absolute atomic E-state index is 0.171. The van der Waals surface area contributed by atoms with Crippen LogP contribution in [0.1, 0.15) is 26.2 Å². The molecular weight excluding hydrogens is 368 g/mol. The maximum Gasteiger partial charge on any atom is 0.306 e. The minimum atomic E-state index is -1.12. The molecule has 4 N–H and O–H groups in total. The SMILES string of the molecule is CCC(CO)O[C@H](COC(=O)CCC(=O)O)OCC(CO)O[C@H](CO)OC. The molecule has 0 heterocycles. The van der Waals surface area contributed by atoms with Gasteiger partial charge in [-0.15, -0.1) is 0 Å². The lowest BCUT2D eigenvalue weighted by Gasteiger charge is -2.26. The summed E-state index contributed by atoms with van der Waals surface area (Å²) < 4.78 is 26.0. The van der Waals surface area contributed by atoms with Crippen molar-refractivity contribution in [3.8, 4) is 0 Å². The highest BCUT2D eigenvalue weighted by molar-refractivity contribution is 5.76. The van der Waals surface area contributed by atoms with Gasteiger partial charge in [-0.25, -0.2) is 0 Å². The third kappa shape index (κ3) is 12.6. The van der Waals surface area contributed by atoms with Gasteiger partial charge < -0.3 is 44.1 Å². The molecule has 0 spiro atoms. The van der Waals surface area contributed by atoms with Crippen molar-refractivity contribution in [3.63, 3.8) is 0 Å². The number of carbonyl (C=O) groups is 2. The summed E-state index contributed by atoms with van der Waals surface area (Å²) in [4.78, 5) is 22.0. The third-order valence-corrected chi connectivity index (χ3v) is 3.35. The zero-order valence-electron chi connectivity index (χ0n) is 15.6. The molecule has 0 aliphatic carbocycles. The maximum atomic E-state index is 11.5. The van der Waals surface area contributed by atoms with Crippen LogP contribution in [-0.4, -0.2) is 97.3 Å². The first-order valence-electron chi connectivity index (χ1n) is 8.55. The van der Waals surface area contributed by atoms with Gasteiger partial charge in [-0.1, -0.05) is 6.92 Å². The Balaban J connectivity index is 4.64. The van der Waals surface area contributed by atoms with Crippen LogP contribution in [0.5, 0.6) is 0 Å². The topological polar surface area (TPSA) is 161 Å². The Morgan fingerprint density at radius 2 is 1.52 bits per heavy atom. The molecule has 0 bridgehead atoms. The highest BCUT2D eigenvalue weighted by Gasteiger charge is 2.22. The smallest absolute Gasteiger partial charge is 0.306 e. The first kappa shape index (κ1) is 25.7. The van der Waals surface area contributed by atoms with Crippen LogP contribution in [0.25, 0.3) is 0 Å². The van der Waals surface area contributed by atoms with E-state index in [9.17, 15) is 19.8 Å². The molecule has 4 atom stereocenters. The number of aliphatic carboxylic acids is 1. The van der Waals surface area contributed by atoms with Crippen LogP contribution in [0, 0.1) is 0 Å². The number of aliphatic hydroxyl groups is 3. The van der Waals surface area contributed by atoms with Gasteiger partial charge in [-0.3, -0.25) is 9.59 Å². The highest BCUT2D eigenvalue weighted by Crippen LogP contribution is 2.09. The first-order chi connectivity index (χ1) is 12.9. The Morgan fingerprint density at radius 3 is 2.00 bits per heavy atom. The lowest BCUT2D eigenvalue weighted by molar-refractivity contribution is -0.236. The molecular formula is C16H30O11. The van der Waals surface area contributed by atoms with Gasteiger partial charge >= 0.3 is 11.9 Å². The van der Waals surface area contributed by atoms with E-state index in [4.69, 9.17) is 33.9 Å². The molecule has 160 valence electrons. The van der Waals surface area contributed by atoms with Gasteiger partial charge in [0.05, 0.1) is 45.4 Å². The number of aliphatic hydroxyl groups excluding tert-OH is 3. The zero-order chi connectivity index (χ0) is 20.7. The van der Waals surface area contributed by atoms with Crippen LogP contribution in [0.15, 0.2) is 0 Å². The Morgan fingerprint density at radius 1 is 0.889 bits per heavy atom. The quantitative estimate of drug-likeness (QED) is 0.173. The fourth-order valence-electron chi connectivity index (χ4n) is 1.79. The summed E-state index contributed by atoms with van der Waals surface area (Å²) in [5, 5.41) is 36.2. The normalized spacial score (nSPS) is 15.7. The molecule has 0 fully saturated rings. The van der Waals surface area contributed by atoms with Gasteiger partial charge in [0.15, 0.2) is 12.6 Å². The Hall–Kier alpha value is -1.34. The molecule has 0 rings (SSSR count). The van der Waals surface area contributed by atoms with Crippen molar-refractivity contribution in [2.24, 2.45) is 0 Å². The van der Waals surface area contributed by atoms with Crippen molar-refractivity contribution in [3.05, 3.63) is 0 Å². The van der Waals surface area contributed by atoms with E-state index in [0.717, 1.165) is 0 Å². The largest absolute Gasteiger partial charge is 0.481 e. The molecule has 11 nitrogen and oxygen atoms in total. The molecule has 0 radical (unpaired) electrons. The summed E-state index contributed by atoms with van der Waals surface area (Å²) in [7, 11) is 1.33. The second-order valence-corrected chi connectivity index (χ2v) is 5.48. The second kappa shape index (κ2) is 15.7. The molecule has 2 unspecified atom stereocenters. The molecule has 0 saturated carbocycles. The average molecular weight is 398 g/mol. The number of carboxylic acid groups (broad SMARTS) is 1. The summed E-state index contributed by atoms with van der Waals surface area (Å²) in [6.45, 7) is 0.148. The maximum absolute atomic E-state index is 11.5. The summed E-state index contributed by atoms with van der Waals surface area (Å²) in [5.74, 6) is -1.86. The standard InChI is InChI=1S/C16H30O11/c1-3-11(6-17)26-16(10-24-14(22)5-4-13(20)21)25-9-12(7-18)27-15(8-19)23-2/h11-12,15-19H,3-10H2,1-2H3,(H,20,21)/t11?,12?,15-,16-/m1/s1. The van der Waals surface area contributed by atoms with Gasteiger partial charge in [0.1, 0.15) is 12.7 Å². The van der Waals surface area contributed by atoms with Crippen LogP contribution in [0.3, 0.4) is 0 Å². The molecule has 11 heteroatoms. The predicted octanol–water partition coefficient (Wildman–Crippen LogP) is -1.13. The van der Waals surface area contributed by atoms with E-state index in [1.807, 2.05) is 0 Å². The van der Waals surface area contributed by atoms with Crippen molar-refractivity contribution in [1.82, 2.24) is 0 Å².